The van der Waals surface area contributed by atoms with Crippen molar-refractivity contribution in [2.24, 2.45) is 5.92 Å². The Morgan fingerprint density at radius 1 is 1.08 bits per heavy atom. The van der Waals surface area contributed by atoms with E-state index in [-0.39, 0.29) is 0 Å². The summed E-state index contributed by atoms with van der Waals surface area (Å²) >= 11 is 0. The van der Waals surface area contributed by atoms with Gasteiger partial charge in [-0.3, -0.25) is 0 Å². The van der Waals surface area contributed by atoms with E-state index in [2.05, 4.69) is 25.7 Å². The maximum atomic E-state index is 2.55. The van der Waals surface area contributed by atoms with Gasteiger partial charge in [0.1, 0.15) is 0 Å². The lowest BCUT2D eigenvalue weighted by Crippen LogP contribution is -2.27. The van der Waals surface area contributed by atoms with Crippen LogP contribution in [0.1, 0.15) is 54.9 Å². The molecule has 0 N–H and O–H groups in total. The van der Waals surface area contributed by atoms with Gasteiger partial charge in [-0.1, -0.05) is 34.6 Å². The highest BCUT2D eigenvalue weighted by atomic mass is 15.2. The third-order valence-corrected chi connectivity index (χ3v) is 2.19. The van der Waals surface area contributed by atoms with Crippen LogP contribution >= 0.6 is 0 Å². The Labute approximate surface area is 85.5 Å². The first kappa shape index (κ1) is 15.4. The van der Waals surface area contributed by atoms with E-state index in [9.17, 15) is 0 Å². The molecule has 82 valence electrons. The van der Waals surface area contributed by atoms with Gasteiger partial charge in [-0.15, -0.1) is 0 Å². The van der Waals surface area contributed by atoms with Gasteiger partial charge >= 0.3 is 0 Å². The molecule has 0 amide bonds. The standard InChI is InChI=1S/C8H17N.2C2H6/c1-7(2)9-5-4-8(3)6-9;2*1-2/h7-8H,4-6H2,1-3H3;2*1-2H3. The Kier molecular flexibility index (Phi) is 11.9. The van der Waals surface area contributed by atoms with Crippen LogP contribution in [0.15, 0.2) is 0 Å². The fraction of sp³-hybridized carbons (Fsp3) is 1.00. The van der Waals surface area contributed by atoms with Crippen LogP contribution in [0.4, 0.5) is 0 Å². The fourth-order valence-corrected chi connectivity index (χ4v) is 1.44. The molecule has 1 aliphatic heterocycles. The minimum atomic E-state index is 0.759. The normalized spacial score (nSPS) is 21.7. The van der Waals surface area contributed by atoms with Crippen LogP contribution in [-0.4, -0.2) is 24.0 Å². The first-order chi connectivity index (χ1) is 6.20. The molecule has 1 heterocycles. The Hall–Kier alpha value is -0.0400. The van der Waals surface area contributed by atoms with E-state index in [0.717, 1.165) is 12.0 Å². The van der Waals surface area contributed by atoms with Crippen LogP contribution in [0.25, 0.3) is 0 Å². The van der Waals surface area contributed by atoms with E-state index in [1.807, 2.05) is 27.7 Å². The lowest BCUT2D eigenvalue weighted by Gasteiger charge is -2.19. The summed E-state index contributed by atoms with van der Waals surface area (Å²) in [5, 5.41) is 0. The first-order valence-corrected chi connectivity index (χ1v) is 5.94. The number of hydrogen-bond acceptors (Lipinski definition) is 1. The van der Waals surface area contributed by atoms with Crippen LogP contribution in [0.2, 0.25) is 0 Å². The smallest absolute Gasteiger partial charge is 0.00387 e. The average Bonchev–Trinajstić information content (AvgIpc) is 2.59. The molecule has 13 heavy (non-hydrogen) atoms. The van der Waals surface area contributed by atoms with E-state index >= 15 is 0 Å². The Morgan fingerprint density at radius 2 is 1.54 bits per heavy atom. The summed E-state index contributed by atoms with van der Waals surface area (Å²) in [5.41, 5.74) is 0. The highest BCUT2D eigenvalue weighted by Gasteiger charge is 2.19. The molecule has 0 saturated carbocycles. The van der Waals surface area contributed by atoms with E-state index in [1.165, 1.54) is 19.5 Å². The van der Waals surface area contributed by atoms with Crippen LogP contribution < -0.4 is 0 Å². The molecule has 0 aromatic rings. The molecular formula is C12H29N. The second-order valence-corrected chi connectivity index (χ2v) is 3.48. The molecule has 0 aromatic heterocycles. The van der Waals surface area contributed by atoms with Crippen molar-refractivity contribution in [3.63, 3.8) is 0 Å². The van der Waals surface area contributed by atoms with Gasteiger partial charge < -0.3 is 4.90 Å². The third kappa shape index (κ3) is 7.06. The van der Waals surface area contributed by atoms with Gasteiger partial charge in [0.2, 0.25) is 0 Å². The van der Waals surface area contributed by atoms with Gasteiger partial charge in [0.05, 0.1) is 0 Å². The molecule has 0 aromatic carbocycles. The van der Waals surface area contributed by atoms with Crippen molar-refractivity contribution in [1.82, 2.24) is 4.90 Å². The molecule has 1 heteroatoms. The summed E-state index contributed by atoms with van der Waals surface area (Å²) in [4.78, 5) is 2.55. The minimum absolute atomic E-state index is 0.759. The van der Waals surface area contributed by atoms with Gasteiger partial charge in [-0.2, -0.15) is 0 Å². The summed E-state index contributed by atoms with van der Waals surface area (Å²) in [6.07, 6.45) is 1.40. The molecular weight excluding hydrogens is 158 g/mol. The second-order valence-electron chi connectivity index (χ2n) is 3.48. The maximum Gasteiger partial charge on any atom is 0.00387 e. The lowest BCUT2D eigenvalue weighted by molar-refractivity contribution is 0.267. The molecule has 1 unspecified atom stereocenters. The predicted octanol–water partition coefficient (Wildman–Crippen LogP) is 3.79. The SMILES string of the molecule is CC.CC.CC1CCN(C(C)C)C1. The number of nitrogens with zero attached hydrogens (tertiary/aromatic N) is 1. The molecule has 1 atom stereocenters. The van der Waals surface area contributed by atoms with Crippen molar-refractivity contribution >= 4 is 0 Å². The predicted molar refractivity (Wildman–Crippen MR) is 63.2 cm³/mol. The molecule has 0 aliphatic carbocycles. The zero-order valence-corrected chi connectivity index (χ0v) is 10.7. The van der Waals surface area contributed by atoms with Gasteiger partial charge in [-0.05, 0) is 32.7 Å². The van der Waals surface area contributed by atoms with E-state index in [1.54, 1.807) is 0 Å². The van der Waals surface area contributed by atoms with Crippen LogP contribution in [-0.2, 0) is 0 Å². The number of hydrogen-bond donors (Lipinski definition) is 0. The molecule has 0 bridgehead atoms. The topological polar surface area (TPSA) is 3.24 Å². The Balaban J connectivity index is 0. The summed E-state index contributed by atoms with van der Waals surface area (Å²) in [6, 6.07) is 0.759. The van der Waals surface area contributed by atoms with E-state index in [0.29, 0.717) is 0 Å². The zero-order valence-electron chi connectivity index (χ0n) is 10.7. The van der Waals surface area contributed by atoms with Crippen LogP contribution in [0, 0.1) is 5.92 Å². The van der Waals surface area contributed by atoms with Crippen molar-refractivity contribution in [3.8, 4) is 0 Å². The molecule has 1 aliphatic rings. The van der Waals surface area contributed by atoms with Gasteiger partial charge in [0.25, 0.3) is 0 Å². The van der Waals surface area contributed by atoms with Crippen LogP contribution in [0.5, 0.6) is 0 Å². The molecule has 1 nitrogen and oxygen atoms in total. The molecule has 0 radical (unpaired) electrons. The number of likely N-dealkylation sites (tertiary alicyclic amines) is 1. The van der Waals surface area contributed by atoms with Crippen molar-refractivity contribution in [2.75, 3.05) is 13.1 Å². The highest BCUT2D eigenvalue weighted by molar-refractivity contribution is 4.74. The fourth-order valence-electron chi connectivity index (χ4n) is 1.44. The highest BCUT2D eigenvalue weighted by Crippen LogP contribution is 2.16. The largest absolute Gasteiger partial charge is 0.301 e. The Bertz CT molecular complexity index is 89.1. The van der Waals surface area contributed by atoms with Crippen molar-refractivity contribution in [2.45, 2.75) is 60.9 Å². The summed E-state index contributed by atoms with van der Waals surface area (Å²) in [7, 11) is 0. The second kappa shape index (κ2) is 10.0. The van der Waals surface area contributed by atoms with E-state index < -0.39 is 0 Å². The molecule has 1 rings (SSSR count). The van der Waals surface area contributed by atoms with Gasteiger partial charge in [0, 0.05) is 12.6 Å². The summed E-state index contributed by atoms with van der Waals surface area (Å²) in [5.74, 6) is 0.937. The van der Waals surface area contributed by atoms with Gasteiger partial charge in [-0.25, -0.2) is 0 Å². The first-order valence-electron chi connectivity index (χ1n) is 5.94. The van der Waals surface area contributed by atoms with Crippen molar-refractivity contribution < 1.29 is 0 Å². The lowest BCUT2D eigenvalue weighted by atomic mass is 10.2. The van der Waals surface area contributed by atoms with Crippen LogP contribution in [0.3, 0.4) is 0 Å². The monoisotopic (exact) mass is 187 g/mol. The number of rotatable bonds is 1. The third-order valence-electron chi connectivity index (χ3n) is 2.19. The Morgan fingerprint density at radius 3 is 1.69 bits per heavy atom. The summed E-state index contributed by atoms with van der Waals surface area (Å²) < 4.78 is 0. The maximum absolute atomic E-state index is 2.55. The molecule has 0 spiro atoms. The minimum Gasteiger partial charge on any atom is -0.301 e. The van der Waals surface area contributed by atoms with Crippen molar-refractivity contribution in [3.05, 3.63) is 0 Å². The zero-order chi connectivity index (χ0) is 10.9. The summed E-state index contributed by atoms with van der Waals surface area (Å²) in [6.45, 7) is 17.5. The van der Waals surface area contributed by atoms with E-state index in [4.69, 9.17) is 0 Å². The van der Waals surface area contributed by atoms with Gasteiger partial charge in [0.15, 0.2) is 0 Å². The molecule has 1 saturated heterocycles. The average molecular weight is 187 g/mol. The molecule has 1 fully saturated rings. The van der Waals surface area contributed by atoms with Crippen molar-refractivity contribution in [1.29, 1.82) is 0 Å². The quantitative estimate of drug-likeness (QED) is 0.604.